The van der Waals surface area contributed by atoms with Crippen molar-refractivity contribution in [2.75, 3.05) is 19.8 Å². The average Bonchev–Trinajstić information content (AvgIpc) is 0.857. The van der Waals surface area contributed by atoms with Gasteiger partial charge in [0, 0.05) is 51.4 Å². The Labute approximate surface area is 628 Å². The zero-order chi connectivity index (χ0) is 81.0. The number of hydrogen-bond acceptors (Lipinski definition) is 19. The van der Waals surface area contributed by atoms with E-state index >= 15 is 0 Å². The fourth-order valence-electron chi connectivity index (χ4n) is 11.0. The Kier molecular flexibility index (Phi) is 67.4. The summed E-state index contributed by atoms with van der Waals surface area (Å²) < 4.78 is 26.4. The molecule has 0 amide bonds. The van der Waals surface area contributed by atoms with Gasteiger partial charge in [-0.25, -0.2) is 4.79 Å². The number of carboxylic acid groups (broad SMARTS) is 4. The molecule has 0 spiro atoms. The van der Waals surface area contributed by atoms with Crippen molar-refractivity contribution in [3.63, 3.8) is 0 Å². The second-order valence-corrected chi connectivity index (χ2v) is 31.9. The topological polar surface area (TPSA) is 382 Å². The highest BCUT2D eigenvalue weighted by molar-refractivity contribution is 5.76. The number of aliphatic hydroxyl groups excluding tert-OH is 5. The van der Waals surface area contributed by atoms with Crippen LogP contribution in [-0.2, 0) is 66.8 Å². The maximum absolute atomic E-state index is 11.9. The number of carbonyl (C=O) groups excluding carboxylic acids is 5. The number of carboxylic acids is 4. The van der Waals surface area contributed by atoms with Crippen LogP contribution in [0.15, 0.2) is 0 Å². The number of carbonyl (C=O) groups is 9. The van der Waals surface area contributed by atoms with E-state index < -0.39 is 77.7 Å². The number of ether oxygens (including phenoxy) is 5. The first-order valence-corrected chi connectivity index (χ1v) is 39.5. The molecule has 0 aromatic rings. The summed E-state index contributed by atoms with van der Waals surface area (Å²) in [6.45, 7) is 40.0. The van der Waals surface area contributed by atoms with Gasteiger partial charge in [-0.3, -0.25) is 38.4 Å². The summed E-state index contributed by atoms with van der Waals surface area (Å²) in [5, 5.41) is 80.9. The summed E-state index contributed by atoms with van der Waals surface area (Å²) in [5.74, 6) is -0.477. The van der Waals surface area contributed by atoms with Crippen LogP contribution in [0.5, 0.6) is 0 Å². The maximum atomic E-state index is 11.9. The van der Waals surface area contributed by atoms with Crippen LogP contribution in [-0.4, -0.2) is 161 Å². The third-order valence-corrected chi connectivity index (χ3v) is 18.1. The SMILES string of the molecule is CC(C)CCCC(C)CCCC(C)CCOC(=O)CCCC(=O)O.CC(C)CCCC(C)CCOC(=O)CCCC(=O)O.CCC(C)(CCCC(C)C)OC(=O)CCCC(=O)O.CCC(C)CCCC(C)(C)OC(=O)CCCC(=O)O.CCCCC(C)CC(C)(C)OC(=O)C(O)C(O)C(O)C(O)CO. The minimum atomic E-state index is -2.00. The van der Waals surface area contributed by atoms with E-state index in [9.17, 15) is 63.6 Å². The first-order chi connectivity index (χ1) is 48.3. The molecule has 9 N–H and O–H groups in total. The second kappa shape index (κ2) is 65.1. The van der Waals surface area contributed by atoms with Gasteiger partial charge < -0.3 is 69.6 Å². The number of aliphatic carboxylic acids is 4. The van der Waals surface area contributed by atoms with Gasteiger partial charge in [-0.05, 0) is 159 Å². The van der Waals surface area contributed by atoms with Gasteiger partial charge in [0.15, 0.2) is 6.10 Å². The molecule has 23 nitrogen and oxygen atoms in total. The third-order valence-electron chi connectivity index (χ3n) is 18.1. The largest absolute Gasteiger partial charge is 0.481 e. The van der Waals surface area contributed by atoms with Crippen LogP contribution >= 0.6 is 0 Å². The van der Waals surface area contributed by atoms with Crippen LogP contribution in [0.4, 0.5) is 0 Å². The van der Waals surface area contributed by atoms with Gasteiger partial charge in [0.05, 0.1) is 19.8 Å². The van der Waals surface area contributed by atoms with Gasteiger partial charge in [-0.1, -0.05) is 193 Å². The van der Waals surface area contributed by atoms with Gasteiger partial charge in [0.1, 0.15) is 35.1 Å². The van der Waals surface area contributed by atoms with Crippen LogP contribution in [0.1, 0.15) is 356 Å². The molecule has 0 heterocycles. The number of aliphatic hydroxyl groups is 5. The lowest BCUT2D eigenvalue weighted by Crippen LogP contribution is -2.50. The van der Waals surface area contributed by atoms with Crippen molar-refractivity contribution in [3.05, 3.63) is 0 Å². The minimum Gasteiger partial charge on any atom is -0.481 e. The van der Waals surface area contributed by atoms with Crippen LogP contribution < -0.4 is 0 Å². The predicted octanol–water partition coefficient (Wildman–Crippen LogP) is 16.6. The number of rotatable bonds is 57. The average molecular weight is 1500 g/mol. The molecule has 23 heteroatoms. The highest BCUT2D eigenvalue weighted by atomic mass is 16.6. The van der Waals surface area contributed by atoms with Crippen LogP contribution in [0.2, 0.25) is 0 Å². The van der Waals surface area contributed by atoms with Crippen LogP contribution in [0, 0.1) is 47.3 Å². The lowest BCUT2D eigenvalue weighted by atomic mass is 9.91. The fraction of sp³-hybridized carbons (Fsp3) is 0.889. The molecule has 0 rings (SSSR count). The van der Waals surface area contributed by atoms with E-state index in [0.717, 1.165) is 94.8 Å². The van der Waals surface area contributed by atoms with Gasteiger partial charge >= 0.3 is 53.7 Å². The molecule has 104 heavy (non-hydrogen) atoms. The van der Waals surface area contributed by atoms with Gasteiger partial charge in [0.2, 0.25) is 0 Å². The molecule has 0 saturated carbocycles. The summed E-state index contributed by atoms with van der Waals surface area (Å²) in [6, 6.07) is 0. The van der Waals surface area contributed by atoms with E-state index in [2.05, 4.69) is 90.0 Å². The van der Waals surface area contributed by atoms with Crippen molar-refractivity contribution in [3.8, 4) is 0 Å². The summed E-state index contributed by atoms with van der Waals surface area (Å²) in [5.41, 5.74) is -1.69. The van der Waals surface area contributed by atoms with Crippen molar-refractivity contribution in [2.45, 2.75) is 397 Å². The Morgan fingerprint density at radius 1 is 0.356 bits per heavy atom. The minimum absolute atomic E-state index is 0.0174. The molecule has 10 unspecified atom stereocenters. The zero-order valence-electron chi connectivity index (χ0n) is 68.5. The van der Waals surface area contributed by atoms with Crippen molar-refractivity contribution in [2.24, 2.45) is 47.3 Å². The second-order valence-electron chi connectivity index (χ2n) is 31.9. The first-order valence-electron chi connectivity index (χ1n) is 39.5. The normalized spacial score (nSPS) is 14.6. The Morgan fingerprint density at radius 3 is 1.07 bits per heavy atom. The highest BCUT2D eigenvalue weighted by Crippen LogP contribution is 2.28. The predicted molar refractivity (Wildman–Crippen MR) is 407 cm³/mol. The number of unbranched alkanes of at least 4 members (excludes halogenated alkanes) is 1. The van der Waals surface area contributed by atoms with E-state index in [0.29, 0.717) is 74.9 Å². The van der Waals surface area contributed by atoms with E-state index in [4.69, 9.17) is 49.2 Å². The molecular weight excluding hydrogens is 1340 g/mol. The molecule has 0 bridgehead atoms. The van der Waals surface area contributed by atoms with Crippen molar-refractivity contribution >= 4 is 53.7 Å². The molecular formula is C81H154O23. The Hall–Kier alpha value is -4.97. The Bertz CT molecular complexity index is 2220. The summed E-state index contributed by atoms with van der Waals surface area (Å²) in [6.07, 6.45) is 19.8. The summed E-state index contributed by atoms with van der Waals surface area (Å²) >= 11 is 0. The molecule has 0 aromatic heterocycles. The molecule has 0 aliphatic rings. The Balaban J connectivity index is -0.000000394. The molecule has 0 fully saturated rings. The standard InChI is InChI=1S/C20H38O4.C16H32O7.3C15H28O4/c1-16(2)8-5-9-17(3)10-6-11-18(4)14-15-24-20(23)13-7-12-19(21)22;1-5-6-7-10(2)8-16(3,4)23-15(22)14(21)13(20)12(19)11(18)9-17;1-12(2)6-4-7-13(3)10-11-19-15(18)9-5-8-14(16)17;1-5-12(2)8-7-11-15(3,4)19-14(18)10-6-9-13(16)17;1-5-15(4,11-7-8-12(2)3)19-14(18)10-6-9-13(16)17/h16-18H,5-15H2,1-4H3,(H,21,22);10-14,17-21H,5-9H2,1-4H3;12-13H,4-11H2,1-3H3,(H,16,17);2*12H,5-11H2,1-4H3,(H,16,17). The van der Waals surface area contributed by atoms with Crippen LogP contribution in [0.3, 0.4) is 0 Å². The molecule has 0 aliphatic carbocycles. The van der Waals surface area contributed by atoms with Crippen molar-refractivity contribution < 1.29 is 113 Å². The third kappa shape index (κ3) is 73.9. The quantitative estimate of drug-likeness (QED) is 0.0202. The lowest BCUT2D eigenvalue weighted by molar-refractivity contribution is -0.183. The molecule has 0 saturated heterocycles. The van der Waals surface area contributed by atoms with E-state index in [-0.39, 0.29) is 75.2 Å². The molecule has 10 atom stereocenters. The lowest BCUT2D eigenvalue weighted by Gasteiger charge is -2.31. The van der Waals surface area contributed by atoms with Crippen molar-refractivity contribution in [1.29, 1.82) is 0 Å². The molecule has 0 radical (unpaired) electrons. The van der Waals surface area contributed by atoms with Gasteiger partial charge in [-0.15, -0.1) is 0 Å². The monoisotopic (exact) mass is 1500 g/mol. The van der Waals surface area contributed by atoms with E-state index in [1.807, 2.05) is 27.7 Å². The molecule has 616 valence electrons. The number of esters is 5. The highest BCUT2D eigenvalue weighted by Gasteiger charge is 2.38. The molecule has 0 aromatic carbocycles. The summed E-state index contributed by atoms with van der Waals surface area (Å²) in [4.78, 5) is 99.3. The smallest absolute Gasteiger partial charge is 0.338 e. The van der Waals surface area contributed by atoms with Crippen LogP contribution in [0.25, 0.3) is 0 Å². The van der Waals surface area contributed by atoms with Crippen molar-refractivity contribution in [1.82, 2.24) is 0 Å². The fourth-order valence-corrected chi connectivity index (χ4v) is 11.0. The number of hydrogen-bond donors (Lipinski definition) is 9. The van der Waals surface area contributed by atoms with E-state index in [1.165, 1.54) is 64.2 Å². The Morgan fingerprint density at radius 2 is 0.702 bits per heavy atom. The first kappa shape index (κ1) is 108. The zero-order valence-corrected chi connectivity index (χ0v) is 68.5. The maximum Gasteiger partial charge on any atom is 0.338 e. The summed E-state index contributed by atoms with van der Waals surface area (Å²) in [7, 11) is 0. The van der Waals surface area contributed by atoms with Gasteiger partial charge in [0.25, 0.3) is 0 Å². The van der Waals surface area contributed by atoms with Gasteiger partial charge in [-0.2, -0.15) is 0 Å². The molecule has 0 aliphatic heterocycles. The van der Waals surface area contributed by atoms with E-state index in [1.54, 1.807) is 13.8 Å².